The fraction of sp³-hybridized carbons (Fsp3) is 0.722. The van der Waals surface area contributed by atoms with Gasteiger partial charge >= 0.3 is 0 Å². The summed E-state index contributed by atoms with van der Waals surface area (Å²) in [7, 11) is 0. The van der Waals surface area contributed by atoms with Crippen molar-refractivity contribution in [2.45, 2.75) is 57.9 Å². The van der Waals surface area contributed by atoms with E-state index in [1.165, 1.54) is 44.9 Å². The average molecular weight is 349 g/mol. The average Bonchev–Trinajstić information content (AvgIpc) is 2.39. The smallest absolute Gasteiger partial charge is 0.140 e. The van der Waals surface area contributed by atoms with Gasteiger partial charge in [-0.05, 0) is 103 Å². The maximum absolute atomic E-state index is 4.45. The van der Waals surface area contributed by atoms with E-state index in [0.29, 0.717) is 11.5 Å². The third-order valence-corrected chi connectivity index (χ3v) is 6.69. The van der Waals surface area contributed by atoms with Crippen LogP contribution < -0.4 is 5.32 Å². The zero-order chi connectivity index (χ0) is 14.4. The van der Waals surface area contributed by atoms with Gasteiger partial charge in [-0.2, -0.15) is 0 Å². The first-order valence-electron chi connectivity index (χ1n) is 8.49. The van der Waals surface area contributed by atoms with Crippen molar-refractivity contribution in [2.75, 3.05) is 5.32 Å². The number of hydrogen-bond acceptors (Lipinski definition) is 2. The summed E-state index contributed by atoms with van der Waals surface area (Å²) in [6.45, 7) is 2.33. The fourth-order valence-corrected chi connectivity index (χ4v) is 6.34. The number of nitrogens with zero attached hydrogens (tertiary/aromatic N) is 1. The molecule has 1 aromatic heterocycles. The highest BCUT2D eigenvalue weighted by Gasteiger charge is 2.50. The summed E-state index contributed by atoms with van der Waals surface area (Å²) in [4.78, 5) is 4.45. The van der Waals surface area contributed by atoms with E-state index in [9.17, 15) is 0 Å². The lowest BCUT2D eigenvalue weighted by Crippen LogP contribution is -2.47. The van der Waals surface area contributed by atoms with Crippen LogP contribution in [0.3, 0.4) is 0 Å². The Hall–Kier alpha value is -0.570. The van der Waals surface area contributed by atoms with E-state index >= 15 is 0 Å². The molecule has 4 bridgehead atoms. The first-order chi connectivity index (χ1) is 10.1. The molecule has 4 aliphatic carbocycles. The lowest BCUT2D eigenvalue weighted by atomic mass is 9.48. The largest absolute Gasteiger partial charge is 0.367 e. The molecule has 1 N–H and O–H groups in total. The van der Waals surface area contributed by atoms with Crippen LogP contribution in [0.5, 0.6) is 0 Å². The third-order valence-electron chi connectivity index (χ3n) is 6.05. The maximum Gasteiger partial charge on any atom is 0.140 e. The normalized spacial score (nSPS) is 38.5. The standard InChI is InChI=1S/C18H25BrN2/c1-12(21-17-16(19)3-2-4-20-17)8-18-9-13-5-14(10-18)7-15(6-13)11-18/h2-4,12-15H,5-11H2,1H3,(H,20,21). The van der Waals surface area contributed by atoms with Crippen molar-refractivity contribution < 1.29 is 0 Å². The maximum atomic E-state index is 4.45. The molecule has 0 amide bonds. The summed E-state index contributed by atoms with van der Waals surface area (Å²) in [5, 5.41) is 3.63. The summed E-state index contributed by atoms with van der Waals surface area (Å²) in [6, 6.07) is 4.54. The van der Waals surface area contributed by atoms with Crippen LogP contribution in [0.1, 0.15) is 51.9 Å². The van der Waals surface area contributed by atoms with Crippen molar-refractivity contribution in [3.63, 3.8) is 0 Å². The van der Waals surface area contributed by atoms with Crippen LogP contribution in [-0.2, 0) is 0 Å². The van der Waals surface area contributed by atoms with Crippen LogP contribution >= 0.6 is 15.9 Å². The van der Waals surface area contributed by atoms with Gasteiger partial charge in [-0.15, -0.1) is 0 Å². The summed E-state index contributed by atoms with van der Waals surface area (Å²) >= 11 is 3.59. The summed E-state index contributed by atoms with van der Waals surface area (Å²) in [5.41, 5.74) is 0.641. The van der Waals surface area contributed by atoms with Gasteiger partial charge in [-0.3, -0.25) is 0 Å². The first kappa shape index (κ1) is 14.0. The second-order valence-electron chi connectivity index (χ2n) is 8.00. The molecule has 1 heterocycles. The molecule has 1 aromatic rings. The molecular formula is C18H25BrN2. The molecule has 0 aromatic carbocycles. The Morgan fingerprint density at radius 2 is 1.86 bits per heavy atom. The lowest BCUT2D eigenvalue weighted by molar-refractivity contribution is -0.0587. The molecule has 1 unspecified atom stereocenters. The molecule has 1 atom stereocenters. The summed E-state index contributed by atoms with van der Waals surface area (Å²) in [6.07, 6.45) is 12.3. The Bertz CT molecular complexity index is 492. The second kappa shape index (κ2) is 5.26. The van der Waals surface area contributed by atoms with Crippen molar-refractivity contribution in [3.8, 4) is 0 Å². The minimum atomic E-state index is 0.507. The van der Waals surface area contributed by atoms with Gasteiger partial charge in [0.15, 0.2) is 0 Å². The molecule has 3 heteroatoms. The molecule has 4 fully saturated rings. The van der Waals surface area contributed by atoms with Crippen molar-refractivity contribution >= 4 is 21.7 Å². The van der Waals surface area contributed by atoms with Crippen molar-refractivity contribution in [3.05, 3.63) is 22.8 Å². The van der Waals surface area contributed by atoms with Crippen LogP contribution in [0, 0.1) is 23.2 Å². The zero-order valence-electron chi connectivity index (χ0n) is 12.8. The quantitative estimate of drug-likeness (QED) is 0.803. The van der Waals surface area contributed by atoms with E-state index < -0.39 is 0 Å². The van der Waals surface area contributed by atoms with E-state index in [1.54, 1.807) is 0 Å². The number of halogens is 1. The highest BCUT2D eigenvalue weighted by Crippen LogP contribution is 2.61. The molecular weight excluding hydrogens is 324 g/mol. The Labute approximate surface area is 136 Å². The Balaban J connectivity index is 1.45. The van der Waals surface area contributed by atoms with Gasteiger partial charge in [-0.25, -0.2) is 4.98 Å². The van der Waals surface area contributed by atoms with E-state index in [2.05, 4.69) is 39.2 Å². The van der Waals surface area contributed by atoms with Crippen molar-refractivity contribution in [1.29, 1.82) is 0 Å². The number of hydrogen-bond donors (Lipinski definition) is 1. The van der Waals surface area contributed by atoms with Crippen molar-refractivity contribution in [2.24, 2.45) is 23.2 Å². The Morgan fingerprint density at radius 1 is 1.24 bits per heavy atom. The van der Waals surface area contributed by atoms with Gasteiger partial charge in [-0.1, -0.05) is 0 Å². The number of aromatic nitrogens is 1. The van der Waals surface area contributed by atoms with Crippen LogP contribution in [0.4, 0.5) is 5.82 Å². The Morgan fingerprint density at radius 3 is 2.43 bits per heavy atom. The number of rotatable bonds is 4. The monoisotopic (exact) mass is 348 g/mol. The predicted octanol–water partition coefficient (Wildman–Crippen LogP) is 5.25. The molecule has 0 spiro atoms. The molecule has 2 nitrogen and oxygen atoms in total. The summed E-state index contributed by atoms with van der Waals surface area (Å²) < 4.78 is 1.07. The van der Waals surface area contributed by atoms with Gasteiger partial charge in [0.05, 0.1) is 4.47 Å². The molecule has 21 heavy (non-hydrogen) atoms. The summed E-state index contributed by atoms with van der Waals surface area (Å²) in [5.74, 6) is 4.13. The SMILES string of the molecule is CC(CC12CC3CC(CC(C3)C1)C2)Nc1ncccc1Br. The second-order valence-corrected chi connectivity index (χ2v) is 8.86. The van der Waals surface area contributed by atoms with Gasteiger partial charge < -0.3 is 5.32 Å². The molecule has 5 rings (SSSR count). The highest BCUT2D eigenvalue weighted by molar-refractivity contribution is 9.10. The Kier molecular flexibility index (Phi) is 3.52. The number of pyridine rings is 1. The van der Waals surface area contributed by atoms with E-state index in [4.69, 9.17) is 0 Å². The van der Waals surface area contributed by atoms with Crippen molar-refractivity contribution in [1.82, 2.24) is 4.98 Å². The molecule has 114 valence electrons. The van der Waals surface area contributed by atoms with Crippen LogP contribution in [0.2, 0.25) is 0 Å². The van der Waals surface area contributed by atoms with Gasteiger partial charge in [0.2, 0.25) is 0 Å². The lowest BCUT2D eigenvalue weighted by Gasteiger charge is -2.57. The highest BCUT2D eigenvalue weighted by atomic mass is 79.9. The molecule has 4 saturated carbocycles. The predicted molar refractivity (Wildman–Crippen MR) is 90.2 cm³/mol. The molecule has 4 aliphatic rings. The van der Waals surface area contributed by atoms with Crippen LogP contribution in [0.25, 0.3) is 0 Å². The van der Waals surface area contributed by atoms with Crippen LogP contribution in [0.15, 0.2) is 22.8 Å². The van der Waals surface area contributed by atoms with Gasteiger partial charge in [0.1, 0.15) is 5.82 Å². The zero-order valence-corrected chi connectivity index (χ0v) is 14.4. The molecule has 0 aliphatic heterocycles. The van der Waals surface area contributed by atoms with E-state index in [1.807, 2.05) is 12.3 Å². The van der Waals surface area contributed by atoms with E-state index in [0.717, 1.165) is 28.0 Å². The van der Waals surface area contributed by atoms with E-state index in [-0.39, 0.29) is 0 Å². The minimum absolute atomic E-state index is 0.507. The van der Waals surface area contributed by atoms with Gasteiger partial charge in [0.25, 0.3) is 0 Å². The number of nitrogens with one attached hydrogen (secondary N) is 1. The third kappa shape index (κ3) is 2.74. The molecule has 0 saturated heterocycles. The molecule has 0 radical (unpaired) electrons. The first-order valence-corrected chi connectivity index (χ1v) is 9.28. The fourth-order valence-electron chi connectivity index (χ4n) is 5.97. The topological polar surface area (TPSA) is 24.9 Å². The van der Waals surface area contributed by atoms with Crippen LogP contribution in [-0.4, -0.2) is 11.0 Å². The van der Waals surface area contributed by atoms with Gasteiger partial charge in [0, 0.05) is 12.2 Å². The number of anilines is 1. The minimum Gasteiger partial charge on any atom is -0.367 e.